The number of nitrogens with one attached hydrogen (secondary N) is 1. The normalized spacial score (nSPS) is 17.4. The predicted octanol–water partition coefficient (Wildman–Crippen LogP) is 3.12. The number of carbonyl (C=O) groups is 1. The fourth-order valence-corrected chi connectivity index (χ4v) is 4.11. The van der Waals surface area contributed by atoms with Crippen LogP contribution in [0.5, 0.6) is 0 Å². The number of hydrogen-bond acceptors (Lipinski definition) is 5. The smallest absolute Gasteiger partial charge is 0.256 e. The largest absolute Gasteiger partial charge is 0.361 e. The molecule has 7 heteroatoms. The van der Waals surface area contributed by atoms with E-state index in [0.29, 0.717) is 29.5 Å². The van der Waals surface area contributed by atoms with Crippen molar-refractivity contribution in [3.05, 3.63) is 65.3 Å². The van der Waals surface area contributed by atoms with Crippen molar-refractivity contribution in [1.29, 1.82) is 0 Å². The zero-order valence-electron chi connectivity index (χ0n) is 17.0. The molecule has 152 valence electrons. The van der Waals surface area contributed by atoms with Crippen molar-refractivity contribution in [3.8, 4) is 5.69 Å². The van der Waals surface area contributed by atoms with E-state index in [4.69, 9.17) is 4.52 Å². The molecule has 1 amide bonds. The van der Waals surface area contributed by atoms with Crippen LogP contribution in [0.25, 0.3) is 5.69 Å². The number of aryl methyl sites for hydroxylation is 2. The molecule has 3 aromatic rings. The van der Waals surface area contributed by atoms with Gasteiger partial charge in [-0.25, -0.2) is 4.68 Å². The molecule has 29 heavy (non-hydrogen) atoms. The maximum Gasteiger partial charge on any atom is 0.256 e. The van der Waals surface area contributed by atoms with Gasteiger partial charge in [0.1, 0.15) is 11.3 Å². The monoisotopic (exact) mass is 393 g/mol. The minimum absolute atomic E-state index is 0.0950. The molecule has 1 aliphatic rings. The molecule has 1 fully saturated rings. The number of carbonyl (C=O) groups excluding carboxylic acids is 1. The summed E-state index contributed by atoms with van der Waals surface area (Å²) in [5.41, 5.74) is 3.58. The molecule has 1 saturated heterocycles. The summed E-state index contributed by atoms with van der Waals surface area (Å²) >= 11 is 0. The number of benzene rings is 1. The van der Waals surface area contributed by atoms with Crippen LogP contribution in [0.2, 0.25) is 0 Å². The van der Waals surface area contributed by atoms with Crippen molar-refractivity contribution in [2.75, 3.05) is 19.6 Å². The minimum Gasteiger partial charge on any atom is -0.361 e. The van der Waals surface area contributed by atoms with Crippen molar-refractivity contribution < 1.29 is 9.32 Å². The molecule has 2 aromatic heterocycles. The van der Waals surface area contributed by atoms with E-state index in [1.807, 2.05) is 23.0 Å². The molecule has 0 bridgehead atoms. The van der Waals surface area contributed by atoms with Gasteiger partial charge in [-0.15, -0.1) is 0 Å². The Balaban J connectivity index is 1.37. The standard InChI is InChI=1S/C22H27N5O2/c1-16-21(17(2)29-25-16)22(28)23-13-18-7-5-11-26(14-18)15-19-8-3-4-9-20(19)27-12-6-10-24-27/h3-4,6,8-10,12,18H,5,7,11,13-15H2,1-2H3,(H,23,28). The first-order valence-corrected chi connectivity index (χ1v) is 10.1. The second kappa shape index (κ2) is 8.61. The topological polar surface area (TPSA) is 76.2 Å². The molecule has 0 saturated carbocycles. The molecular weight excluding hydrogens is 366 g/mol. The Morgan fingerprint density at radius 1 is 1.28 bits per heavy atom. The SMILES string of the molecule is Cc1noc(C)c1C(=O)NCC1CCCN(Cc2ccccc2-n2cccn2)C1. The maximum atomic E-state index is 12.5. The molecule has 3 heterocycles. The number of likely N-dealkylation sites (tertiary alicyclic amines) is 1. The first-order valence-electron chi connectivity index (χ1n) is 10.1. The first-order chi connectivity index (χ1) is 14.1. The van der Waals surface area contributed by atoms with E-state index in [0.717, 1.165) is 38.2 Å². The fourth-order valence-electron chi connectivity index (χ4n) is 4.11. The summed E-state index contributed by atoms with van der Waals surface area (Å²) in [6, 6.07) is 10.3. The van der Waals surface area contributed by atoms with Crippen LogP contribution in [-0.2, 0) is 6.54 Å². The average Bonchev–Trinajstić information content (AvgIpc) is 3.37. The molecule has 1 unspecified atom stereocenters. The Labute approximate surface area is 170 Å². The zero-order chi connectivity index (χ0) is 20.2. The molecule has 1 N–H and O–H groups in total. The number of piperidine rings is 1. The minimum atomic E-state index is -0.0950. The lowest BCUT2D eigenvalue weighted by molar-refractivity contribution is 0.0928. The third-order valence-electron chi connectivity index (χ3n) is 5.55. The average molecular weight is 393 g/mol. The van der Waals surface area contributed by atoms with Crippen LogP contribution in [0.15, 0.2) is 47.2 Å². The zero-order valence-corrected chi connectivity index (χ0v) is 17.0. The summed E-state index contributed by atoms with van der Waals surface area (Å²) in [6.07, 6.45) is 6.03. The van der Waals surface area contributed by atoms with Crippen LogP contribution >= 0.6 is 0 Å². The van der Waals surface area contributed by atoms with Crippen molar-refractivity contribution in [3.63, 3.8) is 0 Å². The van der Waals surface area contributed by atoms with E-state index in [2.05, 4.69) is 38.7 Å². The van der Waals surface area contributed by atoms with Gasteiger partial charge in [-0.1, -0.05) is 23.4 Å². The summed E-state index contributed by atoms with van der Waals surface area (Å²) in [6.45, 7) is 7.15. The Hall–Kier alpha value is -2.93. The molecule has 7 nitrogen and oxygen atoms in total. The van der Waals surface area contributed by atoms with Gasteiger partial charge in [-0.2, -0.15) is 5.10 Å². The second-order valence-electron chi connectivity index (χ2n) is 7.73. The number of aromatic nitrogens is 3. The third kappa shape index (κ3) is 4.40. The Bertz CT molecular complexity index is 944. The van der Waals surface area contributed by atoms with Crippen LogP contribution < -0.4 is 5.32 Å². The quantitative estimate of drug-likeness (QED) is 0.696. The molecule has 1 aliphatic heterocycles. The molecule has 0 spiro atoms. The highest BCUT2D eigenvalue weighted by atomic mass is 16.5. The lowest BCUT2D eigenvalue weighted by atomic mass is 9.97. The van der Waals surface area contributed by atoms with Gasteiger partial charge in [0.05, 0.1) is 11.4 Å². The Kier molecular flexibility index (Phi) is 5.76. The lowest BCUT2D eigenvalue weighted by Gasteiger charge is -2.33. The third-order valence-corrected chi connectivity index (χ3v) is 5.55. The van der Waals surface area contributed by atoms with Crippen molar-refractivity contribution >= 4 is 5.91 Å². The van der Waals surface area contributed by atoms with Crippen molar-refractivity contribution in [2.24, 2.45) is 5.92 Å². The van der Waals surface area contributed by atoms with Gasteiger partial charge < -0.3 is 9.84 Å². The molecule has 1 atom stereocenters. The van der Waals surface area contributed by atoms with E-state index in [1.165, 1.54) is 5.56 Å². The Morgan fingerprint density at radius 2 is 2.14 bits per heavy atom. The Morgan fingerprint density at radius 3 is 2.90 bits per heavy atom. The number of nitrogens with zero attached hydrogens (tertiary/aromatic N) is 4. The summed E-state index contributed by atoms with van der Waals surface area (Å²) in [7, 11) is 0. The van der Waals surface area contributed by atoms with E-state index in [-0.39, 0.29) is 5.91 Å². The number of para-hydroxylation sites is 1. The molecule has 0 radical (unpaired) electrons. The summed E-state index contributed by atoms with van der Waals surface area (Å²) < 4.78 is 7.02. The number of amides is 1. The van der Waals surface area contributed by atoms with E-state index in [9.17, 15) is 4.79 Å². The molecular formula is C22H27N5O2. The van der Waals surface area contributed by atoms with Crippen molar-refractivity contribution in [2.45, 2.75) is 33.2 Å². The van der Waals surface area contributed by atoms with Crippen LogP contribution in [0.3, 0.4) is 0 Å². The van der Waals surface area contributed by atoms with Gasteiger partial charge in [0, 0.05) is 32.0 Å². The lowest BCUT2D eigenvalue weighted by Crippen LogP contribution is -2.40. The van der Waals surface area contributed by atoms with E-state index >= 15 is 0 Å². The van der Waals surface area contributed by atoms with Gasteiger partial charge in [-0.3, -0.25) is 9.69 Å². The van der Waals surface area contributed by atoms with Crippen LogP contribution in [0, 0.1) is 19.8 Å². The number of rotatable bonds is 6. The van der Waals surface area contributed by atoms with Crippen LogP contribution in [-0.4, -0.2) is 45.4 Å². The van der Waals surface area contributed by atoms with Gasteiger partial charge >= 0.3 is 0 Å². The fraction of sp³-hybridized carbons (Fsp3) is 0.409. The summed E-state index contributed by atoms with van der Waals surface area (Å²) in [4.78, 5) is 15.0. The molecule has 0 aliphatic carbocycles. The molecule has 4 rings (SSSR count). The summed E-state index contributed by atoms with van der Waals surface area (Å²) in [5, 5.41) is 11.3. The van der Waals surface area contributed by atoms with Crippen LogP contribution in [0.4, 0.5) is 0 Å². The van der Waals surface area contributed by atoms with Gasteiger partial charge in [0.15, 0.2) is 0 Å². The summed E-state index contributed by atoms with van der Waals surface area (Å²) in [5.74, 6) is 0.910. The highest BCUT2D eigenvalue weighted by Gasteiger charge is 2.23. The number of hydrogen-bond donors (Lipinski definition) is 1. The van der Waals surface area contributed by atoms with Gasteiger partial charge in [0.2, 0.25) is 0 Å². The van der Waals surface area contributed by atoms with Crippen LogP contribution in [0.1, 0.15) is 40.2 Å². The molecule has 1 aromatic carbocycles. The predicted molar refractivity (Wildman–Crippen MR) is 110 cm³/mol. The van der Waals surface area contributed by atoms with E-state index < -0.39 is 0 Å². The maximum absolute atomic E-state index is 12.5. The van der Waals surface area contributed by atoms with Gasteiger partial charge in [-0.05, 0) is 56.8 Å². The van der Waals surface area contributed by atoms with Crippen molar-refractivity contribution in [1.82, 2.24) is 25.2 Å². The second-order valence-corrected chi connectivity index (χ2v) is 7.73. The first kappa shape index (κ1) is 19.4. The highest BCUT2D eigenvalue weighted by Crippen LogP contribution is 2.21. The van der Waals surface area contributed by atoms with Gasteiger partial charge in [0.25, 0.3) is 5.91 Å². The highest BCUT2D eigenvalue weighted by molar-refractivity contribution is 5.96. The van der Waals surface area contributed by atoms with E-state index in [1.54, 1.807) is 20.0 Å².